The van der Waals surface area contributed by atoms with Crippen molar-refractivity contribution in [3.63, 3.8) is 0 Å². The summed E-state index contributed by atoms with van der Waals surface area (Å²) in [6.45, 7) is 5.79. The van der Waals surface area contributed by atoms with Gasteiger partial charge in [0.2, 0.25) is 5.91 Å². The molecule has 2 N–H and O–H groups in total. The summed E-state index contributed by atoms with van der Waals surface area (Å²) < 4.78 is 0. The highest BCUT2D eigenvalue weighted by Crippen LogP contribution is 2.28. The van der Waals surface area contributed by atoms with Crippen LogP contribution in [0.5, 0.6) is 0 Å². The lowest BCUT2D eigenvalue weighted by Crippen LogP contribution is -2.11. The Balaban J connectivity index is 2.94. The standard InChI is InChI=1S/C12H13NOS/c1-3-6-9(2)15-11-8-5-4-7-10(11)12(13)14/h3-8H,2H2,1H3,(H2,13,14)/b6-3-. The zero-order valence-corrected chi connectivity index (χ0v) is 9.38. The number of benzene rings is 1. The van der Waals surface area contributed by atoms with Gasteiger partial charge in [0.25, 0.3) is 0 Å². The first-order valence-corrected chi connectivity index (χ1v) is 5.35. The fraction of sp³-hybridized carbons (Fsp3) is 0.0833. The molecule has 0 radical (unpaired) electrons. The van der Waals surface area contributed by atoms with E-state index in [1.165, 1.54) is 11.8 Å². The molecule has 3 heteroatoms. The van der Waals surface area contributed by atoms with Gasteiger partial charge >= 0.3 is 0 Å². The SMILES string of the molecule is C=C(/C=C\C)Sc1ccccc1C(N)=O. The summed E-state index contributed by atoms with van der Waals surface area (Å²) >= 11 is 1.44. The van der Waals surface area contributed by atoms with Gasteiger partial charge < -0.3 is 5.73 Å². The molecule has 0 aliphatic carbocycles. The summed E-state index contributed by atoms with van der Waals surface area (Å²) in [5.41, 5.74) is 5.80. The normalized spacial score (nSPS) is 10.5. The third kappa shape index (κ3) is 3.29. The zero-order valence-electron chi connectivity index (χ0n) is 8.57. The molecule has 0 fully saturated rings. The van der Waals surface area contributed by atoms with Crippen LogP contribution < -0.4 is 5.73 Å². The van der Waals surface area contributed by atoms with Crippen molar-refractivity contribution in [3.8, 4) is 0 Å². The summed E-state index contributed by atoms with van der Waals surface area (Å²) in [4.78, 5) is 12.8. The van der Waals surface area contributed by atoms with Crippen molar-refractivity contribution < 1.29 is 4.79 Å². The van der Waals surface area contributed by atoms with Gasteiger partial charge in [-0.3, -0.25) is 4.79 Å². The van der Waals surface area contributed by atoms with Gasteiger partial charge in [-0.15, -0.1) is 0 Å². The van der Waals surface area contributed by atoms with Crippen LogP contribution in [0, 0.1) is 0 Å². The third-order valence-electron chi connectivity index (χ3n) is 1.75. The highest BCUT2D eigenvalue weighted by molar-refractivity contribution is 8.03. The fourth-order valence-electron chi connectivity index (χ4n) is 1.12. The lowest BCUT2D eigenvalue weighted by atomic mass is 10.2. The summed E-state index contributed by atoms with van der Waals surface area (Å²) in [6, 6.07) is 7.24. The average molecular weight is 219 g/mol. The van der Waals surface area contributed by atoms with Crippen molar-refractivity contribution in [2.75, 3.05) is 0 Å². The molecule has 15 heavy (non-hydrogen) atoms. The van der Waals surface area contributed by atoms with Gasteiger partial charge in [-0.05, 0) is 19.1 Å². The van der Waals surface area contributed by atoms with Crippen molar-refractivity contribution in [2.45, 2.75) is 11.8 Å². The highest BCUT2D eigenvalue weighted by Gasteiger charge is 2.07. The molecule has 0 bridgehead atoms. The minimum atomic E-state index is -0.411. The van der Waals surface area contributed by atoms with Crippen LogP contribution in [0.1, 0.15) is 17.3 Å². The predicted octanol–water partition coefficient (Wildman–Crippen LogP) is 2.97. The summed E-state index contributed by atoms with van der Waals surface area (Å²) in [5.74, 6) is -0.411. The minimum absolute atomic E-state index is 0.411. The number of carbonyl (C=O) groups excluding carboxylic acids is 1. The average Bonchev–Trinajstić information content (AvgIpc) is 2.18. The molecule has 0 aliphatic rings. The maximum Gasteiger partial charge on any atom is 0.249 e. The van der Waals surface area contributed by atoms with E-state index >= 15 is 0 Å². The molecule has 1 amide bonds. The highest BCUT2D eigenvalue weighted by atomic mass is 32.2. The van der Waals surface area contributed by atoms with Gasteiger partial charge in [0.15, 0.2) is 0 Å². The first-order valence-electron chi connectivity index (χ1n) is 4.53. The Morgan fingerprint density at radius 1 is 1.47 bits per heavy atom. The minimum Gasteiger partial charge on any atom is -0.366 e. The van der Waals surface area contributed by atoms with Crippen LogP contribution in [0.3, 0.4) is 0 Å². The molecule has 0 unspecified atom stereocenters. The fourth-order valence-corrected chi connectivity index (χ4v) is 2.03. The topological polar surface area (TPSA) is 43.1 Å². The molecule has 0 spiro atoms. The van der Waals surface area contributed by atoms with Crippen molar-refractivity contribution in [2.24, 2.45) is 5.73 Å². The molecule has 1 aromatic carbocycles. The number of carbonyl (C=O) groups is 1. The Morgan fingerprint density at radius 3 is 2.73 bits per heavy atom. The van der Waals surface area contributed by atoms with Gasteiger partial charge in [0.05, 0.1) is 5.56 Å². The molecule has 1 rings (SSSR count). The first kappa shape index (κ1) is 11.6. The van der Waals surface area contributed by atoms with E-state index in [1.54, 1.807) is 12.1 Å². The van der Waals surface area contributed by atoms with Crippen LogP contribution in [-0.2, 0) is 0 Å². The van der Waals surface area contributed by atoms with Crippen molar-refractivity contribution in [3.05, 3.63) is 53.5 Å². The van der Waals surface area contributed by atoms with Gasteiger partial charge in [-0.2, -0.15) is 0 Å². The van der Waals surface area contributed by atoms with Crippen LogP contribution in [0.4, 0.5) is 0 Å². The molecular weight excluding hydrogens is 206 g/mol. The number of thioether (sulfide) groups is 1. The Labute approximate surface area is 93.9 Å². The molecule has 0 aliphatic heterocycles. The third-order valence-corrected chi connectivity index (χ3v) is 2.72. The first-order chi connectivity index (χ1) is 7.15. The second kappa shape index (κ2) is 5.41. The molecule has 78 valence electrons. The number of allylic oxidation sites excluding steroid dienone is 2. The van der Waals surface area contributed by atoms with E-state index in [2.05, 4.69) is 6.58 Å². The van der Waals surface area contributed by atoms with Crippen molar-refractivity contribution in [1.82, 2.24) is 0 Å². The molecule has 0 aromatic heterocycles. The second-order valence-electron chi connectivity index (χ2n) is 2.93. The Kier molecular flexibility index (Phi) is 4.18. The van der Waals surface area contributed by atoms with E-state index < -0.39 is 5.91 Å². The number of rotatable bonds is 4. The van der Waals surface area contributed by atoms with Crippen LogP contribution in [0.25, 0.3) is 0 Å². The quantitative estimate of drug-likeness (QED) is 0.625. The van der Waals surface area contributed by atoms with Gasteiger partial charge in [-0.1, -0.05) is 42.6 Å². The predicted molar refractivity (Wildman–Crippen MR) is 64.8 cm³/mol. The Bertz CT molecular complexity index is 410. The van der Waals surface area contributed by atoms with Crippen LogP contribution >= 0.6 is 11.8 Å². The molecule has 0 saturated heterocycles. The summed E-state index contributed by atoms with van der Waals surface area (Å²) in [6.07, 6.45) is 3.80. The number of hydrogen-bond donors (Lipinski definition) is 1. The van der Waals surface area contributed by atoms with E-state index in [-0.39, 0.29) is 0 Å². The number of nitrogens with two attached hydrogens (primary N) is 1. The number of amides is 1. The molecule has 1 aromatic rings. The van der Waals surface area contributed by atoms with E-state index in [0.29, 0.717) is 5.56 Å². The molecule has 2 nitrogen and oxygen atoms in total. The number of primary amides is 1. The Morgan fingerprint density at radius 2 is 2.13 bits per heavy atom. The molecule has 0 atom stereocenters. The molecular formula is C12H13NOS. The van der Waals surface area contributed by atoms with Gasteiger partial charge in [0.1, 0.15) is 0 Å². The zero-order chi connectivity index (χ0) is 11.3. The largest absolute Gasteiger partial charge is 0.366 e. The Hall–Kier alpha value is -1.48. The van der Waals surface area contributed by atoms with Gasteiger partial charge in [-0.25, -0.2) is 0 Å². The number of hydrogen-bond acceptors (Lipinski definition) is 2. The van der Waals surface area contributed by atoms with Crippen molar-refractivity contribution >= 4 is 17.7 Å². The van der Waals surface area contributed by atoms with Gasteiger partial charge in [0, 0.05) is 9.80 Å². The van der Waals surface area contributed by atoms with E-state index in [9.17, 15) is 4.79 Å². The maximum absolute atomic E-state index is 11.1. The van der Waals surface area contributed by atoms with Crippen LogP contribution in [0.2, 0.25) is 0 Å². The lowest BCUT2D eigenvalue weighted by molar-refractivity contribution is 0.0997. The summed E-state index contributed by atoms with van der Waals surface area (Å²) in [5, 5.41) is 0. The van der Waals surface area contributed by atoms with E-state index in [0.717, 1.165) is 9.80 Å². The maximum atomic E-state index is 11.1. The monoisotopic (exact) mass is 219 g/mol. The van der Waals surface area contributed by atoms with E-state index in [1.807, 2.05) is 31.2 Å². The smallest absolute Gasteiger partial charge is 0.249 e. The second-order valence-corrected chi connectivity index (χ2v) is 4.10. The molecule has 0 saturated carbocycles. The van der Waals surface area contributed by atoms with Crippen molar-refractivity contribution in [1.29, 1.82) is 0 Å². The lowest BCUT2D eigenvalue weighted by Gasteiger charge is -2.05. The van der Waals surface area contributed by atoms with Crippen LogP contribution in [-0.4, -0.2) is 5.91 Å². The van der Waals surface area contributed by atoms with E-state index in [4.69, 9.17) is 5.73 Å². The molecule has 0 heterocycles. The summed E-state index contributed by atoms with van der Waals surface area (Å²) in [7, 11) is 0. The van der Waals surface area contributed by atoms with Crippen LogP contribution in [0.15, 0.2) is 52.8 Å².